The molecule has 5 rings (SSSR count). The van der Waals surface area contributed by atoms with Crippen LogP contribution in [0.2, 0.25) is 0 Å². The number of amides is 2. The summed E-state index contributed by atoms with van der Waals surface area (Å²) in [5, 5.41) is 9.29. The van der Waals surface area contributed by atoms with E-state index in [4.69, 9.17) is 14.2 Å². The molecule has 3 saturated heterocycles. The molecule has 0 aliphatic carbocycles. The van der Waals surface area contributed by atoms with Gasteiger partial charge >= 0.3 is 12.2 Å². The number of hydrogen-bond acceptors (Lipinski definition) is 6. The van der Waals surface area contributed by atoms with Crippen molar-refractivity contribution in [2.75, 3.05) is 24.2 Å². The van der Waals surface area contributed by atoms with E-state index >= 15 is 0 Å². The lowest BCUT2D eigenvalue weighted by molar-refractivity contribution is -0.267. The number of hydrogen-bond donors (Lipinski definition) is 2. The van der Waals surface area contributed by atoms with E-state index in [-0.39, 0.29) is 30.2 Å². The number of carbonyl (C=O) groups excluding carboxylic acids is 1. The van der Waals surface area contributed by atoms with Crippen molar-refractivity contribution in [3.05, 3.63) is 59.7 Å². The highest BCUT2D eigenvalue weighted by molar-refractivity contribution is 5.99. The second-order valence-corrected chi connectivity index (χ2v) is 9.42. The Kier molecular flexibility index (Phi) is 6.01. The Morgan fingerprint density at radius 2 is 1.74 bits per heavy atom. The second kappa shape index (κ2) is 8.75. The van der Waals surface area contributed by atoms with E-state index in [9.17, 15) is 18.0 Å². The van der Waals surface area contributed by atoms with Crippen LogP contribution in [0, 0.1) is 0 Å². The van der Waals surface area contributed by atoms with Crippen LogP contribution in [0.25, 0.3) is 0 Å². The number of urea groups is 1. The van der Waals surface area contributed by atoms with Crippen molar-refractivity contribution in [2.45, 2.75) is 56.9 Å². The van der Waals surface area contributed by atoms with Crippen molar-refractivity contribution < 1.29 is 32.2 Å². The van der Waals surface area contributed by atoms with Gasteiger partial charge in [-0.3, -0.25) is 0 Å². The van der Waals surface area contributed by atoms with Crippen LogP contribution in [-0.2, 0) is 26.9 Å². The molecule has 4 atom stereocenters. The Morgan fingerprint density at radius 3 is 2.46 bits per heavy atom. The lowest BCUT2D eigenvalue weighted by Crippen LogP contribution is -2.55. The Balaban J connectivity index is 1.20. The maximum Gasteiger partial charge on any atom is 0.416 e. The number of anilines is 2. The highest BCUT2D eigenvalue weighted by Crippen LogP contribution is 2.43. The molecule has 2 aromatic rings. The maximum atomic E-state index is 12.9. The summed E-state index contributed by atoms with van der Waals surface area (Å²) < 4.78 is 57.0. The van der Waals surface area contributed by atoms with E-state index in [1.54, 1.807) is 12.1 Å². The number of fused-ring (bicyclic) bond motifs is 5. The number of carbonyl (C=O) groups is 1. The summed E-state index contributed by atoms with van der Waals surface area (Å²) in [6.45, 7) is 5.07. The second-order valence-electron chi connectivity index (χ2n) is 9.42. The quantitative estimate of drug-likeness (QED) is 0.665. The molecule has 188 valence electrons. The van der Waals surface area contributed by atoms with Gasteiger partial charge in [0.05, 0.1) is 5.56 Å². The molecule has 0 aromatic heterocycles. The van der Waals surface area contributed by atoms with E-state index in [0.29, 0.717) is 18.8 Å². The fraction of sp³-hybridized carbons (Fsp3) is 0.458. The van der Waals surface area contributed by atoms with E-state index in [1.807, 2.05) is 33.0 Å². The largest absolute Gasteiger partial charge is 0.416 e. The molecule has 3 aliphatic rings. The molecule has 8 nitrogen and oxygen atoms in total. The number of alkyl halides is 3. The lowest BCUT2D eigenvalue weighted by atomic mass is 10.1. The van der Waals surface area contributed by atoms with Crippen LogP contribution in [0.3, 0.4) is 0 Å². The standard InChI is InChI=1S/C24H27F3N4O4/c1-23(2)34-19-18-13-30(3)31(21(33-18)20(19)35-23)12-14-7-9-16(10-8-14)28-22(32)29-17-6-4-5-15(11-17)24(25,26)27/h4-11,18-21H,12-13H2,1-3H3,(H2,28,29,32)/t18-,19-,20-,21-/m1/s1. The van der Waals surface area contributed by atoms with Gasteiger partial charge in [-0.15, -0.1) is 0 Å². The maximum absolute atomic E-state index is 12.9. The predicted molar refractivity (Wildman–Crippen MR) is 121 cm³/mol. The SMILES string of the molecule is CN1C[C@H]2O[C@H]([C@@H]3OC(C)(C)O[C@@H]32)N1Cc1ccc(NC(=O)Nc2cccc(C(F)(F)F)c2)cc1. The normalized spacial score (nSPS) is 28.1. The van der Waals surface area contributed by atoms with Crippen molar-refractivity contribution in [3.8, 4) is 0 Å². The van der Waals surface area contributed by atoms with Crippen LogP contribution in [-0.4, -0.2) is 60.0 Å². The van der Waals surface area contributed by atoms with Crippen molar-refractivity contribution in [3.63, 3.8) is 0 Å². The van der Waals surface area contributed by atoms with Gasteiger partial charge in [-0.05, 0) is 49.7 Å². The highest BCUT2D eigenvalue weighted by atomic mass is 19.4. The number of rotatable bonds is 4. The van der Waals surface area contributed by atoms with Gasteiger partial charge in [0.1, 0.15) is 18.3 Å². The topological polar surface area (TPSA) is 75.3 Å². The molecule has 11 heteroatoms. The molecular weight excluding hydrogens is 465 g/mol. The van der Waals surface area contributed by atoms with E-state index < -0.39 is 23.6 Å². The van der Waals surface area contributed by atoms with Gasteiger partial charge in [0.2, 0.25) is 0 Å². The first kappa shape index (κ1) is 24.0. The number of benzene rings is 2. The van der Waals surface area contributed by atoms with Gasteiger partial charge in [-0.2, -0.15) is 13.2 Å². The zero-order valence-corrected chi connectivity index (χ0v) is 19.5. The Bertz CT molecular complexity index is 1090. The Hall–Kier alpha value is -2.70. The fourth-order valence-corrected chi connectivity index (χ4v) is 4.76. The summed E-state index contributed by atoms with van der Waals surface area (Å²) in [6, 6.07) is 11.1. The summed E-state index contributed by atoms with van der Waals surface area (Å²) in [5.74, 6) is -0.640. The predicted octanol–water partition coefficient (Wildman–Crippen LogP) is 4.26. The summed E-state index contributed by atoms with van der Waals surface area (Å²) in [6.07, 6.45) is -5.08. The summed E-state index contributed by atoms with van der Waals surface area (Å²) >= 11 is 0. The minimum Gasteiger partial charge on any atom is -0.352 e. The van der Waals surface area contributed by atoms with Gasteiger partial charge < -0.3 is 24.8 Å². The lowest BCUT2D eigenvalue weighted by Gasteiger charge is -2.42. The van der Waals surface area contributed by atoms with Crippen LogP contribution >= 0.6 is 0 Å². The van der Waals surface area contributed by atoms with Crippen LogP contribution in [0.4, 0.5) is 29.3 Å². The minimum atomic E-state index is -4.48. The minimum absolute atomic E-state index is 0.0464. The number of hydrazine groups is 1. The third-order valence-corrected chi connectivity index (χ3v) is 6.31. The first-order valence-corrected chi connectivity index (χ1v) is 11.3. The van der Waals surface area contributed by atoms with Crippen molar-refractivity contribution >= 4 is 17.4 Å². The average Bonchev–Trinajstić information content (AvgIpc) is 3.23. The van der Waals surface area contributed by atoms with Gasteiger partial charge in [0.15, 0.2) is 12.0 Å². The van der Waals surface area contributed by atoms with Gasteiger partial charge in [-0.1, -0.05) is 18.2 Å². The first-order chi connectivity index (χ1) is 16.5. The zero-order valence-electron chi connectivity index (χ0n) is 19.5. The van der Waals surface area contributed by atoms with E-state index in [1.165, 1.54) is 12.1 Å². The van der Waals surface area contributed by atoms with Gasteiger partial charge in [-0.25, -0.2) is 14.8 Å². The third kappa shape index (κ3) is 5.00. The Morgan fingerprint density at radius 1 is 1.06 bits per heavy atom. The molecule has 3 fully saturated rings. The number of halogens is 3. The summed E-state index contributed by atoms with van der Waals surface area (Å²) in [5.41, 5.74) is 0.724. The van der Waals surface area contributed by atoms with Crippen molar-refractivity contribution in [1.29, 1.82) is 0 Å². The average molecular weight is 492 g/mol. The van der Waals surface area contributed by atoms with E-state index in [0.717, 1.165) is 17.7 Å². The Labute approximate surface area is 200 Å². The molecular formula is C24H27F3N4O4. The fourth-order valence-electron chi connectivity index (χ4n) is 4.76. The molecule has 0 spiro atoms. The molecule has 0 unspecified atom stereocenters. The van der Waals surface area contributed by atoms with Crippen LogP contribution < -0.4 is 10.6 Å². The smallest absolute Gasteiger partial charge is 0.352 e. The highest BCUT2D eigenvalue weighted by Gasteiger charge is 2.59. The summed E-state index contributed by atoms with van der Waals surface area (Å²) in [4.78, 5) is 12.3. The third-order valence-electron chi connectivity index (χ3n) is 6.31. The first-order valence-electron chi connectivity index (χ1n) is 11.3. The van der Waals surface area contributed by atoms with Gasteiger partial charge in [0.25, 0.3) is 0 Å². The number of ether oxygens (including phenoxy) is 3. The monoisotopic (exact) mass is 492 g/mol. The zero-order chi connectivity index (χ0) is 25.0. The molecule has 3 heterocycles. The molecule has 0 radical (unpaired) electrons. The van der Waals surface area contributed by atoms with Crippen LogP contribution in [0.1, 0.15) is 25.0 Å². The molecule has 2 N–H and O–H groups in total. The molecule has 2 aromatic carbocycles. The summed E-state index contributed by atoms with van der Waals surface area (Å²) in [7, 11) is 2.00. The van der Waals surface area contributed by atoms with Crippen molar-refractivity contribution in [1.82, 2.24) is 10.0 Å². The number of nitrogens with one attached hydrogen (secondary N) is 2. The molecule has 0 saturated carbocycles. The molecule has 2 bridgehead atoms. The van der Waals surface area contributed by atoms with Crippen molar-refractivity contribution in [2.24, 2.45) is 0 Å². The van der Waals surface area contributed by atoms with Gasteiger partial charge in [0, 0.05) is 31.5 Å². The molecule has 3 aliphatic heterocycles. The molecule has 2 amide bonds. The molecule has 35 heavy (non-hydrogen) atoms. The number of likely N-dealkylation sites (N-methyl/N-ethyl adjacent to an activating group) is 1. The van der Waals surface area contributed by atoms with E-state index in [2.05, 4.69) is 20.7 Å². The van der Waals surface area contributed by atoms with Crippen LogP contribution in [0.15, 0.2) is 48.5 Å². The van der Waals surface area contributed by atoms with Crippen LogP contribution in [0.5, 0.6) is 0 Å². The number of nitrogens with zero attached hydrogens (tertiary/aromatic N) is 2.